The van der Waals surface area contributed by atoms with Crippen LogP contribution in [0, 0.1) is 11.3 Å². The number of aromatic nitrogens is 1. The highest BCUT2D eigenvalue weighted by Gasteiger charge is 2.18. The first kappa shape index (κ1) is 15.1. The fourth-order valence-electron chi connectivity index (χ4n) is 2.17. The molecule has 7 heteroatoms. The molecular weight excluding hydrogens is 364 g/mol. The lowest BCUT2D eigenvalue weighted by Crippen LogP contribution is -2.01. The molecule has 0 atom stereocenters. The summed E-state index contributed by atoms with van der Waals surface area (Å²) in [6.45, 7) is 0. The van der Waals surface area contributed by atoms with E-state index in [0.29, 0.717) is 26.7 Å². The van der Waals surface area contributed by atoms with Crippen molar-refractivity contribution in [3.63, 3.8) is 0 Å². The molecule has 23 heavy (non-hydrogen) atoms. The number of fused-ring (bicyclic) bond motifs is 1. The van der Waals surface area contributed by atoms with E-state index in [-0.39, 0.29) is 17.2 Å². The molecule has 3 aromatic rings. The number of hydrogen-bond donors (Lipinski definition) is 1. The number of nitrogens with zero attached hydrogens (tertiary/aromatic N) is 2. The molecule has 1 aromatic heterocycles. The smallest absolute Gasteiger partial charge is 0.341 e. The van der Waals surface area contributed by atoms with Crippen LogP contribution in [0.25, 0.3) is 22.6 Å². The number of carbonyl (C=O) groups excluding carboxylic acids is 1. The van der Waals surface area contributed by atoms with Crippen LogP contribution in [0.5, 0.6) is 5.75 Å². The van der Waals surface area contributed by atoms with E-state index >= 15 is 0 Å². The molecule has 1 N–H and O–H groups in total. The van der Waals surface area contributed by atoms with Crippen molar-refractivity contribution >= 4 is 33.0 Å². The first-order valence-corrected chi connectivity index (χ1v) is 7.25. The van der Waals surface area contributed by atoms with Crippen LogP contribution < -0.4 is 0 Å². The Morgan fingerprint density at radius 3 is 2.91 bits per heavy atom. The van der Waals surface area contributed by atoms with Gasteiger partial charge in [-0.05, 0) is 34.1 Å². The molecule has 6 nitrogen and oxygen atoms in total. The number of nitriles is 1. The summed E-state index contributed by atoms with van der Waals surface area (Å²) in [5, 5.41) is 19.2. The highest BCUT2D eigenvalue weighted by Crippen LogP contribution is 2.33. The number of hydrogen-bond acceptors (Lipinski definition) is 6. The number of oxazole rings is 1. The minimum absolute atomic E-state index is 0.00500. The number of halogens is 1. The standard InChI is InChI=1S/C16H9BrN2O4/c1-22-16(21)9-5-12-14(6-13(9)20)23-15(19-12)8-3-2-4-11(17)10(8)7-18/h2-6,20H,1H3. The minimum atomic E-state index is -0.672. The Morgan fingerprint density at radius 2 is 2.22 bits per heavy atom. The average molecular weight is 373 g/mol. The van der Waals surface area contributed by atoms with Gasteiger partial charge in [-0.25, -0.2) is 9.78 Å². The molecule has 0 aliphatic carbocycles. The molecule has 0 aliphatic heterocycles. The third-order valence-electron chi connectivity index (χ3n) is 3.27. The second kappa shape index (κ2) is 5.74. The second-order valence-corrected chi connectivity index (χ2v) is 5.48. The Labute approximate surface area is 139 Å². The Bertz CT molecular complexity index is 972. The number of phenols is 1. The van der Waals surface area contributed by atoms with Gasteiger partial charge >= 0.3 is 5.97 Å². The highest BCUT2D eigenvalue weighted by atomic mass is 79.9. The third-order valence-corrected chi connectivity index (χ3v) is 3.93. The maximum Gasteiger partial charge on any atom is 0.341 e. The largest absolute Gasteiger partial charge is 0.507 e. The van der Waals surface area contributed by atoms with Gasteiger partial charge in [-0.3, -0.25) is 0 Å². The van der Waals surface area contributed by atoms with Gasteiger partial charge in [0.15, 0.2) is 5.58 Å². The molecule has 0 aliphatic rings. The predicted molar refractivity (Wildman–Crippen MR) is 84.9 cm³/mol. The van der Waals surface area contributed by atoms with Crippen LogP contribution in [-0.4, -0.2) is 23.2 Å². The van der Waals surface area contributed by atoms with Crippen molar-refractivity contribution in [2.75, 3.05) is 7.11 Å². The molecule has 0 bridgehead atoms. The fourth-order valence-corrected chi connectivity index (χ4v) is 2.62. The van der Waals surface area contributed by atoms with Gasteiger partial charge < -0.3 is 14.3 Å². The number of aromatic hydroxyl groups is 1. The molecule has 0 unspecified atom stereocenters. The lowest BCUT2D eigenvalue weighted by atomic mass is 10.1. The van der Waals surface area contributed by atoms with Crippen LogP contribution in [0.2, 0.25) is 0 Å². The SMILES string of the molecule is COC(=O)c1cc2nc(-c3cccc(Br)c3C#N)oc2cc1O. The zero-order valence-electron chi connectivity index (χ0n) is 11.8. The summed E-state index contributed by atoms with van der Waals surface area (Å²) in [6, 6.07) is 9.96. The number of rotatable bonds is 2. The van der Waals surface area contributed by atoms with Crippen molar-refractivity contribution in [2.45, 2.75) is 0 Å². The van der Waals surface area contributed by atoms with Crippen molar-refractivity contribution in [1.82, 2.24) is 4.98 Å². The quantitative estimate of drug-likeness (QED) is 0.690. The number of ether oxygens (including phenoxy) is 1. The summed E-state index contributed by atoms with van der Waals surface area (Å²) in [7, 11) is 1.22. The molecule has 0 amide bonds. The summed E-state index contributed by atoms with van der Waals surface area (Å²) in [4.78, 5) is 15.9. The van der Waals surface area contributed by atoms with E-state index in [0.717, 1.165) is 0 Å². The van der Waals surface area contributed by atoms with Crippen LogP contribution in [-0.2, 0) is 4.74 Å². The minimum Gasteiger partial charge on any atom is -0.507 e. The fraction of sp³-hybridized carbons (Fsp3) is 0.0625. The Kier molecular flexibility index (Phi) is 3.76. The predicted octanol–water partition coefficient (Wildman–Crippen LogP) is 3.62. The van der Waals surface area contributed by atoms with E-state index in [2.05, 4.69) is 31.7 Å². The van der Waals surface area contributed by atoms with Gasteiger partial charge in [-0.2, -0.15) is 5.26 Å². The molecule has 1 heterocycles. The summed E-state index contributed by atoms with van der Waals surface area (Å²) >= 11 is 3.31. The highest BCUT2D eigenvalue weighted by molar-refractivity contribution is 9.10. The normalized spacial score (nSPS) is 10.5. The van der Waals surface area contributed by atoms with Crippen molar-refractivity contribution < 1.29 is 19.1 Å². The number of carbonyl (C=O) groups is 1. The van der Waals surface area contributed by atoms with E-state index in [1.54, 1.807) is 18.2 Å². The molecule has 0 saturated carbocycles. The first-order valence-electron chi connectivity index (χ1n) is 6.46. The molecule has 0 spiro atoms. The van der Waals surface area contributed by atoms with Gasteiger partial charge in [-0.1, -0.05) is 6.07 Å². The summed E-state index contributed by atoms with van der Waals surface area (Å²) in [5.74, 6) is -0.713. The van der Waals surface area contributed by atoms with Gasteiger partial charge in [-0.15, -0.1) is 0 Å². The van der Waals surface area contributed by atoms with E-state index in [1.165, 1.54) is 19.2 Å². The monoisotopic (exact) mass is 372 g/mol. The topological polar surface area (TPSA) is 96.4 Å². The number of esters is 1. The van der Waals surface area contributed by atoms with E-state index in [1.807, 2.05) is 0 Å². The van der Waals surface area contributed by atoms with Crippen molar-refractivity contribution in [1.29, 1.82) is 5.26 Å². The third kappa shape index (κ3) is 2.53. The van der Waals surface area contributed by atoms with E-state index < -0.39 is 5.97 Å². The van der Waals surface area contributed by atoms with Crippen LogP contribution >= 0.6 is 15.9 Å². The summed E-state index contributed by atoms with van der Waals surface area (Å²) < 4.78 is 10.8. The Balaban J connectivity index is 2.21. The first-order chi connectivity index (χ1) is 11.0. The number of phenolic OH excluding ortho intramolecular Hbond substituents is 1. The molecule has 0 fully saturated rings. The zero-order valence-corrected chi connectivity index (χ0v) is 13.4. The van der Waals surface area contributed by atoms with Gasteiger partial charge in [0, 0.05) is 10.5 Å². The molecular formula is C16H9BrN2O4. The van der Waals surface area contributed by atoms with Crippen molar-refractivity contribution in [3.05, 3.63) is 45.9 Å². The van der Waals surface area contributed by atoms with Gasteiger partial charge in [0.1, 0.15) is 22.9 Å². The van der Waals surface area contributed by atoms with Gasteiger partial charge in [0.2, 0.25) is 5.89 Å². The van der Waals surface area contributed by atoms with E-state index in [4.69, 9.17) is 4.42 Å². The summed E-state index contributed by atoms with van der Waals surface area (Å²) in [5.41, 5.74) is 1.57. The second-order valence-electron chi connectivity index (χ2n) is 4.62. The van der Waals surface area contributed by atoms with Crippen molar-refractivity contribution in [2.24, 2.45) is 0 Å². The zero-order chi connectivity index (χ0) is 16.6. The lowest BCUT2D eigenvalue weighted by molar-refractivity contribution is 0.0597. The van der Waals surface area contributed by atoms with Gasteiger partial charge in [0.25, 0.3) is 0 Å². The van der Waals surface area contributed by atoms with Gasteiger partial charge in [0.05, 0.1) is 18.2 Å². The van der Waals surface area contributed by atoms with Crippen LogP contribution in [0.1, 0.15) is 15.9 Å². The number of methoxy groups -OCH3 is 1. The van der Waals surface area contributed by atoms with E-state index in [9.17, 15) is 15.2 Å². The Morgan fingerprint density at radius 1 is 1.43 bits per heavy atom. The molecule has 2 aromatic carbocycles. The van der Waals surface area contributed by atoms with Crippen LogP contribution in [0.4, 0.5) is 0 Å². The van der Waals surface area contributed by atoms with Crippen LogP contribution in [0.3, 0.4) is 0 Å². The van der Waals surface area contributed by atoms with Crippen LogP contribution in [0.15, 0.2) is 39.2 Å². The van der Waals surface area contributed by atoms with Crippen molar-refractivity contribution in [3.8, 4) is 23.3 Å². The maximum atomic E-state index is 11.6. The Hall–Kier alpha value is -2.85. The average Bonchev–Trinajstić information content (AvgIpc) is 2.95. The lowest BCUT2D eigenvalue weighted by Gasteiger charge is -2.01. The number of benzene rings is 2. The molecule has 3 rings (SSSR count). The maximum absolute atomic E-state index is 11.6. The molecule has 114 valence electrons. The molecule has 0 saturated heterocycles. The summed E-state index contributed by atoms with van der Waals surface area (Å²) in [6.07, 6.45) is 0. The molecule has 0 radical (unpaired) electrons.